The fourth-order valence-corrected chi connectivity index (χ4v) is 8.13. The number of pyridine rings is 2. The third-order valence-electron chi connectivity index (χ3n) is 8.93. The molecule has 0 fully saturated rings. The molecule has 5 aromatic carbocycles. The summed E-state index contributed by atoms with van der Waals surface area (Å²) >= 11 is 0. The van der Waals surface area contributed by atoms with Gasteiger partial charge in [-0.1, -0.05) is 136 Å². The van der Waals surface area contributed by atoms with Crippen molar-refractivity contribution < 1.29 is 24.5 Å². The van der Waals surface area contributed by atoms with Gasteiger partial charge in [-0.2, -0.15) is 0 Å². The largest absolute Gasteiger partial charge is 0.501 e. The van der Waals surface area contributed by atoms with Gasteiger partial charge in [0.15, 0.2) is 0 Å². The summed E-state index contributed by atoms with van der Waals surface area (Å²) in [5, 5.41) is 5.96. The number of hydrogen-bond donors (Lipinski definition) is 0. The smallest absolute Gasteiger partial charge is 0.121 e. The zero-order valence-electron chi connectivity index (χ0n) is 30.0. The van der Waals surface area contributed by atoms with Crippen molar-refractivity contribution >= 4 is 46.0 Å². The molecule has 1 radical (unpaired) electrons. The van der Waals surface area contributed by atoms with Gasteiger partial charge in [0.05, 0.1) is 13.7 Å². The first-order chi connectivity index (χ1) is 24.0. The van der Waals surface area contributed by atoms with Crippen LogP contribution in [0, 0.1) is 17.5 Å². The van der Waals surface area contributed by atoms with Gasteiger partial charge in [0.1, 0.15) is 5.58 Å². The van der Waals surface area contributed by atoms with E-state index in [4.69, 9.17) is 9.40 Å². The third-order valence-corrected chi connectivity index (χ3v) is 11.0. The Labute approximate surface area is 316 Å². The molecule has 0 atom stereocenters. The number of hydrogen-bond acceptors (Lipinski definition) is 3. The maximum Gasteiger partial charge on any atom is 0.121 e. The number of furan rings is 1. The summed E-state index contributed by atoms with van der Waals surface area (Å²) in [6.45, 7) is 14.1. The molecule has 0 bridgehead atoms. The molecule has 257 valence electrons. The predicted octanol–water partition coefficient (Wildman–Crippen LogP) is 11.9. The van der Waals surface area contributed by atoms with Crippen LogP contribution >= 0.6 is 0 Å². The van der Waals surface area contributed by atoms with E-state index in [0.717, 1.165) is 67.2 Å². The molecule has 3 aromatic heterocycles. The van der Waals surface area contributed by atoms with Crippen molar-refractivity contribution in [1.82, 2.24) is 9.97 Å². The predicted molar refractivity (Wildman–Crippen MR) is 213 cm³/mol. The Morgan fingerprint density at radius 2 is 1.37 bits per heavy atom. The van der Waals surface area contributed by atoms with Crippen molar-refractivity contribution in [3.8, 4) is 33.6 Å². The summed E-state index contributed by atoms with van der Waals surface area (Å²) < 4.78 is 6.34. The zero-order chi connectivity index (χ0) is 34.9. The Hall–Kier alpha value is -4.67. The maximum atomic E-state index is 6.34. The molecule has 0 unspecified atom stereocenters. The van der Waals surface area contributed by atoms with Crippen LogP contribution in [0.3, 0.4) is 0 Å². The first kappa shape index (κ1) is 36.1. The van der Waals surface area contributed by atoms with Crippen LogP contribution in [0.25, 0.3) is 66.4 Å². The average molecular weight is 859 g/mol. The second-order valence-electron chi connectivity index (χ2n) is 15.2. The second kappa shape index (κ2) is 14.9. The molecule has 8 rings (SSSR count). The van der Waals surface area contributed by atoms with E-state index < -0.39 is 8.07 Å². The van der Waals surface area contributed by atoms with Gasteiger partial charge in [-0.15, -0.1) is 54.1 Å². The minimum absolute atomic E-state index is 0. The Bertz CT molecular complexity index is 2420. The fraction of sp³-hybridized carbons (Fsp3) is 0.174. The van der Waals surface area contributed by atoms with Crippen molar-refractivity contribution in [1.29, 1.82) is 0 Å². The Balaban J connectivity index is 0.000000182. The number of nitrogens with zero attached hydrogens (tertiary/aromatic N) is 2. The van der Waals surface area contributed by atoms with Crippen LogP contribution in [0.2, 0.25) is 19.6 Å². The van der Waals surface area contributed by atoms with Crippen molar-refractivity contribution in [3.63, 3.8) is 0 Å². The van der Waals surface area contributed by atoms with Crippen LogP contribution < -0.4 is 5.19 Å². The van der Waals surface area contributed by atoms with Gasteiger partial charge in [-0.25, -0.2) is 0 Å². The van der Waals surface area contributed by atoms with E-state index >= 15 is 0 Å². The molecule has 0 aliphatic heterocycles. The van der Waals surface area contributed by atoms with Crippen molar-refractivity contribution in [3.05, 3.63) is 151 Å². The Morgan fingerprint density at radius 3 is 2.10 bits per heavy atom. The third kappa shape index (κ3) is 8.13. The van der Waals surface area contributed by atoms with Gasteiger partial charge in [-0.3, -0.25) is 0 Å². The van der Waals surface area contributed by atoms with E-state index in [1.165, 1.54) is 16.3 Å². The standard InChI is InChI=1S/C27H16NO.C19H26NSi.Ir/c1-2-7-18(8-3-1)20-13-14-22-23-11-6-12-24(27(23)29-26(22)16-20)25-15-19-9-4-5-10-21(19)17-28-25;1-19(2,3)13-16-12-17(15-10-8-7-9-11-15)20-14-18(16)21(4,5)6;/h1-11,13-17H;7-10,12,14H,13H2,1-6H3;/q2*-1;. The molecule has 0 aliphatic carbocycles. The molecule has 3 heterocycles. The minimum Gasteiger partial charge on any atom is -0.501 e. The normalized spacial score (nSPS) is 11.6. The molecular formula is C46H42IrN2OSi-2. The monoisotopic (exact) mass is 859 g/mol. The van der Waals surface area contributed by atoms with E-state index in [2.05, 4.69) is 143 Å². The SMILES string of the molecule is CC(C)(C)Cc1cc(-c2[c-]cccc2)ncc1[Si](C)(C)C.[Ir].[c-]1ccc2c(oc3cc(-c4ccccc4)ccc32)c1-c1cc2ccccc2cn1. The summed E-state index contributed by atoms with van der Waals surface area (Å²) in [6, 6.07) is 48.1. The molecule has 8 aromatic rings. The molecule has 0 spiro atoms. The van der Waals surface area contributed by atoms with Gasteiger partial charge in [-0.05, 0) is 56.4 Å². The quantitative estimate of drug-likeness (QED) is 0.128. The summed E-state index contributed by atoms with van der Waals surface area (Å²) in [7, 11) is -1.37. The maximum absolute atomic E-state index is 6.34. The number of aromatic nitrogens is 2. The van der Waals surface area contributed by atoms with Crippen LogP contribution in [0.5, 0.6) is 0 Å². The second-order valence-corrected chi connectivity index (χ2v) is 20.2. The van der Waals surface area contributed by atoms with Gasteiger partial charge in [0.2, 0.25) is 0 Å². The molecule has 3 nitrogen and oxygen atoms in total. The van der Waals surface area contributed by atoms with Crippen LogP contribution in [0.1, 0.15) is 26.3 Å². The van der Waals surface area contributed by atoms with E-state index in [-0.39, 0.29) is 25.5 Å². The van der Waals surface area contributed by atoms with Gasteiger partial charge >= 0.3 is 0 Å². The molecule has 0 amide bonds. The zero-order valence-corrected chi connectivity index (χ0v) is 33.4. The summed E-state index contributed by atoms with van der Waals surface area (Å²) in [4.78, 5) is 9.38. The average Bonchev–Trinajstić information content (AvgIpc) is 3.49. The molecule has 0 saturated heterocycles. The Kier molecular flexibility index (Phi) is 10.6. The van der Waals surface area contributed by atoms with E-state index in [0.29, 0.717) is 0 Å². The topological polar surface area (TPSA) is 38.9 Å². The van der Waals surface area contributed by atoms with Crippen molar-refractivity contribution in [2.45, 2.75) is 46.8 Å². The summed E-state index contributed by atoms with van der Waals surface area (Å²) in [6.07, 6.45) is 5.12. The van der Waals surface area contributed by atoms with Gasteiger partial charge in [0.25, 0.3) is 0 Å². The number of fused-ring (bicyclic) bond motifs is 4. The van der Waals surface area contributed by atoms with Crippen LogP contribution in [-0.4, -0.2) is 18.0 Å². The first-order valence-electron chi connectivity index (χ1n) is 17.3. The molecule has 0 aliphatic rings. The molecule has 5 heteroatoms. The van der Waals surface area contributed by atoms with E-state index in [1.54, 1.807) is 0 Å². The molecule has 0 N–H and O–H groups in total. The fourth-order valence-electron chi connectivity index (χ4n) is 6.55. The summed E-state index contributed by atoms with van der Waals surface area (Å²) in [5.41, 5.74) is 9.66. The van der Waals surface area contributed by atoms with Crippen LogP contribution in [0.4, 0.5) is 0 Å². The number of rotatable bonds is 5. The Morgan fingerprint density at radius 1 is 0.647 bits per heavy atom. The van der Waals surface area contributed by atoms with Crippen LogP contribution in [0.15, 0.2) is 138 Å². The van der Waals surface area contributed by atoms with Crippen molar-refractivity contribution in [2.24, 2.45) is 5.41 Å². The van der Waals surface area contributed by atoms with E-state index in [1.807, 2.05) is 48.7 Å². The summed E-state index contributed by atoms with van der Waals surface area (Å²) in [5.74, 6) is 0. The number of benzene rings is 5. The molecular weight excluding hydrogens is 817 g/mol. The first-order valence-corrected chi connectivity index (χ1v) is 20.8. The molecule has 0 saturated carbocycles. The van der Waals surface area contributed by atoms with Crippen molar-refractivity contribution in [2.75, 3.05) is 0 Å². The van der Waals surface area contributed by atoms with Crippen LogP contribution in [-0.2, 0) is 26.5 Å². The van der Waals surface area contributed by atoms with Gasteiger partial charge in [0, 0.05) is 37.9 Å². The molecule has 51 heavy (non-hydrogen) atoms. The van der Waals surface area contributed by atoms with E-state index in [9.17, 15) is 0 Å². The minimum atomic E-state index is -1.37. The van der Waals surface area contributed by atoms with Gasteiger partial charge < -0.3 is 14.4 Å².